The van der Waals surface area contributed by atoms with Crippen molar-refractivity contribution in [3.05, 3.63) is 206 Å². The largest absolute Gasteiger partial charge is 0.309 e. The summed E-state index contributed by atoms with van der Waals surface area (Å²) in [6.45, 7) is 0. The highest BCUT2D eigenvalue weighted by Gasteiger charge is 2.19. The van der Waals surface area contributed by atoms with Crippen LogP contribution in [0.15, 0.2) is 206 Å². The fourth-order valence-corrected chi connectivity index (χ4v) is 7.68. The zero-order valence-corrected chi connectivity index (χ0v) is 29.9. The number of nitrogens with zero attached hydrogens (tertiary/aromatic N) is 4. The van der Waals surface area contributed by atoms with E-state index in [0.29, 0.717) is 17.5 Å². The first kappa shape index (κ1) is 32.2. The van der Waals surface area contributed by atoms with Crippen molar-refractivity contribution in [3.63, 3.8) is 0 Å². The molecular formula is C51H34N4. The monoisotopic (exact) mass is 702 g/mol. The predicted molar refractivity (Wildman–Crippen MR) is 227 cm³/mol. The van der Waals surface area contributed by atoms with Crippen LogP contribution in [-0.2, 0) is 0 Å². The van der Waals surface area contributed by atoms with Gasteiger partial charge in [-0.1, -0.05) is 176 Å². The van der Waals surface area contributed by atoms with Gasteiger partial charge in [0, 0.05) is 33.2 Å². The standard InChI is InChI=1S/C51H34N4/c1-5-17-35(18-6-1)41-32-30-40(55-47-27-15-13-25-43(47)44-26-14-16-28-48(44)55)34-46(41)42-31-29-39(33-45(42)36-19-7-2-8-20-36)51-53-49(37-21-9-3-10-22-37)52-50(54-51)38-23-11-4-12-24-38/h1-34H. The van der Waals surface area contributed by atoms with E-state index in [0.717, 1.165) is 55.8 Å². The van der Waals surface area contributed by atoms with Gasteiger partial charge in [-0.2, -0.15) is 0 Å². The normalized spacial score (nSPS) is 11.3. The fraction of sp³-hybridized carbons (Fsp3) is 0. The van der Waals surface area contributed by atoms with Crippen molar-refractivity contribution in [2.45, 2.75) is 0 Å². The fourth-order valence-electron chi connectivity index (χ4n) is 7.68. The summed E-state index contributed by atoms with van der Waals surface area (Å²) in [5.41, 5.74) is 13.1. The molecule has 0 aliphatic heterocycles. The first-order valence-electron chi connectivity index (χ1n) is 18.5. The third-order valence-corrected chi connectivity index (χ3v) is 10.3. The van der Waals surface area contributed by atoms with Crippen molar-refractivity contribution in [2.24, 2.45) is 0 Å². The summed E-state index contributed by atoms with van der Waals surface area (Å²) in [7, 11) is 0. The Balaban J connectivity index is 1.22. The molecule has 8 aromatic carbocycles. The Morgan fingerprint density at radius 1 is 0.273 bits per heavy atom. The van der Waals surface area contributed by atoms with Crippen molar-refractivity contribution < 1.29 is 0 Å². The van der Waals surface area contributed by atoms with Gasteiger partial charge in [-0.05, 0) is 63.7 Å². The van der Waals surface area contributed by atoms with E-state index in [4.69, 9.17) is 15.0 Å². The molecule has 0 bridgehead atoms. The van der Waals surface area contributed by atoms with Gasteiger partial charge in [0.1, 0.15) is 0 Å². The minimum atomic E-state index is 0.624. The Kier molecular flexibility index (Phi) is 8.12. The molecule has 0 amide bonds. The number of hydrogen-bond donors (Lipinski definition) is 0. The van der Waals surface area contributed by atoms with Crippen LogP contribution in [0.3, 0.4) is 0 Å². The van der Waals surface area contributed by atoms with Crippen molar-refractivity contribution in [1.82, 2.24) is 19.5 Å². The first-order valence-corrected chi connectivity index (χ1v) is 18.5. The smallest absolute Gasteiger partial charge is 0.164 e. The van der Waals surface area contributed by atoms with Gasteiger partial charge in [-0.25, -0.2) is 15.0 Å². The Labute approximate surface area is 319 Å². The lowest BCUT2D eigenvalue weighted by Crippen LogP contribution is -2.01. The molecule has 0 radical (unpaired) electrons. The molecule has 0 unspecified atom stereocenters. The third-order valence-electron chi connectivity index (χ3n) is 10.3. The number of hydrogen-bond acceptors (Lipinski definition) is 3. The summed E-state index contributed by atoms with van der Waals surface area (Å²) >= 11 is 0. The SMILES string of the molecule is c1ccc(-c2nc(-c3ccccc3)nc(-c3ccc(-c4cc(-n5c6ccccc6c6ccccc65)ccc4-c4ccccc4)c(-c4ccccc4)c3)n2)cc1. The van der Waals surface area contributed by atoms with Crippen LogP contribution < -0.4 is 0 Å². The van der Waals surface area contributed by atoms with Crippen molar-refractivity contribution in [3.8, 4) is 73.2 Å². The van der Waals surface area contributed by atoms with E-state index in [9.17, 15) is 0 Å². The quantitative estimate of drug-likeness (QED) is 0.166. The molecule has 55 heavy (non-hydrogen) atoms. The number of rotatable bonds is 7. The molecule has 0 atom stereocenters. The Bertz CT molecular complexity index is 2840. The highest BCUT2D eigenvalue weighted by atomic mass is 15.0. The van der Waals surface area contributed by atoms with Gasteiger partial charge >= 0.3 is 0 Å². The lowest BCUT2D eigenvalue weighted by Gasteiger charge is -2.19. The molecule has 0 saturated heterocycles. The van der Waals surface area contributed by atoms with Gasteiger partial charge in [-0.15, -0.1) is 0 Å². The van der Waals surface area contributed by atoms with Gasteiger partial charge in [0.05, 0.1) is 11.0 Å². The maximum atomic E-state index is 5.08. The minimum Gasteiger partial charge on any atom is -0.309 e. The van der Waals surface area contributed by atoms with Crippen LogP contribution in [-0.4, -0.2) is 19.5 Å². The first-order chi connectivity index (χ1) is 27.3. The van der Waals surface area contributed by atoms with E-state index in [1.54, 1.807) is 0 Å². The Morgan fingerprint density at radius 3 is 1.22 bits per heavy atom. The molecule has 258 valence electrons. The van der Waals surface area contributed by atoms with E-state index < -0.39 is 0 Å². The van der Waals surface area contributed by atoms with Gasteiger partial charge in [0.25, 0.3) is 0 Å². The molecule has 2 heterocycles. The highest BCUT2D eigenvalue weighted by molar-refractivity contribution is 6.09. The summed E-state index contributed by atoms with van der Waals surface area (Å²) < 4.78 is 2.39. The molecule has 4 nitrogen and oxygen atoms in total. The lowest BCUT2D eigenvalue weighted by atomic mass is 9.88. The topological polar surface area (TPSA) is 43.6 Å². The molecule has 0 spiro atoms. The maximum Gasteiger partial charge on any atom is 0.164 e. The van der Waals surface area contributed by atoms with Crippen LogP contribution in [0, 0.1) is 0 Å². The summed E-state index contributed by atoms with van der Waals surface area (Å²) in [6.07, 6.45) is 0. The van der Waals surface area contributed by atoms with Gasteiger partial charge in [-0.3, -0.25) is 0 Å². The van der Waals surface area contributed by atoms with E-state index in [1.807, 2.05) is 60.7 Å². The van der Waals surface area contributed by atoms with Crippen LogP contribution in [0.2, 0.25) is 0 Å². The Hall–Kier alpha value is -7.43. The van der Waals surface area contributed by atoms with Crippen LogP contribution in [0.5, 0.6) is 0 Å². The van der Waals surface area contributed by atoms with Crippen LogP contribution in [0.4, 0.5) is 0 Å². The predicted octanol–water partition coefficient (Wildman–Crippen LogP) is 13.0. The second-order valence-electron chi connectivity index (χ2n) is 13.6. The molecule has 0 aliphatic carbocycles. The Morgan fingerprint density at radius 2 is 0.691 bits per heavy atom. The van der Waals surface area contributed by atoms with E-state index in [2.05, 4.69) is 150 Å². The molecule has 10 aromatic rings. The molecule has 0 saturated carbocycles. The van der Waals surface area contributed by atoms with E-state index >= 15 is 0 Å². The molecule has 2 aromatic heterocycles. The summed E-state index contributed by atoms with van der Waals surface area (Å²) in [5, 5.41) is 2.48. The highest BCUT2D eigenvalue weighted by Crippen LogP contribution is 2.42. The molecule has 0 N–H and O–H groups in total. The molecule has 10 rings (SSSR count). The molecule has 0 fully saturated rings. The third kappa shape index (κ3) is 5.96. The maximum absolute atomic E-state index is 5.08. The average Bonchev–Trinajstić information content (AvgIpc) is 3.61. The average molecular weight is 703 g/mol. The number of para-hydroxylation sites is 2. The zero-order valence-electron chi connectivity index (χ0n) is 29.9. The second-order valence-corrected chi connectivity index (χ2v) is 13.6. The van der Waals surface area contributed by atoms with Crippen LogP contribution >= 0.6 is 0 Å². The summed E-state index contributed by atoms with van der Waals surface area (Å²) in [4.78, 5) is 15.1. The summed E-state index contributed by atoms with van der Waals surface area (Å²) in [6, 6.07) is 72.4. The van der Waals surface area contributed by atoms with E-state index in [-0.39, 0.29) is 0 Å². The molecular weight excluding hydrogens is 669 g/mol. The van der Waals surface area contributed by atoms with Crippen LogP contribution in [0.25, 0.3) is 95.0 Å². The van der Waals surface area contributed by atoms with E-state index in [1.165, 1.54) is 21.8 Å². The number of benzene rings is 8. The van der Waals surface area contributed by atoms with Crippen LogP contribution in [0.1, 0.15) is 0 Å². The van der Waals surface area contributed by atoms with Crippen molar-refractivity contribution in [2.75, 3.05) is 0 Å². The molecule has 4 heteroatoms. The zero-order chi connectivity index (χ0) is 36.6. The van der Waals surface area contributed by atoms with Gasteiger partial charge < -0.3 is 4.57 Å². The number of aromatic nitrogens is 4. The number of fused-ring (bicyclic) bond motifs is 3. The minimum absolute atomic E-state index is 0.624. The van der Waals surface area contributed by atoms with Crippen molar-refractivity contribution >= 4 is 21.8 Å². The molecule has 0 aliphatic rings. The van der Waals surface area contributed by atoms with Gasteiger partial charge in [0.2, 0.25) is 0 Å². The van der Waals surface area contributed by atoms with Crippen molar-refractivity contribution in [1.29, 1.82) is 0 Å². The second kappa shape index (κ2) is 13.8. The lowest BCUT2D eigenvalue weighted by molar-refractivity contribution is 1.07. The summed E-state index contributed by atoms with van der Waals surface area (Å²) in [5.74, 6) is 1.90. The van der Waals surface area contributed by atoms with Gasteiger partial charge in [0.15, 0.2) is 17.5 Å².